The molecule has 1 fully saturated rings. The fourth-order valence-corrected chi connectivity index (χ4v) is 2.15. The summed E-state index contributed by atoms with van der Waals surface area (Å²) >= 11 is 0. The van der Waals surface area contributed by atoms with Crippen LogP contribution in [0.25, 0.3) is 0 Å². The molecule has 92 valence electrons. The third kappa shape index (κ3) is 2.30. The van der Waals surface area contributed by atoms with Gasteiger partial charge in [0.25, 0.3) is 5.91 Å². The molecule has 1 aromatic rings. The molecule has 2 N–H and O–H groups in total. The Labute approximate surface area is 98.6 Å². The Morgan fingerprint density at radius 1 is 1.59 bits per heavy atom. The zero-order chi connectivity index (χ0) is 12.4. The lowest BCUT2D eigenvalue weighted by molar-refractivity contribution is -0.144. The lowest BCUT2D eigenvalue weighted by Gasteiger charge is -2.35. The van der Waals surface area contributed by atoms with Gasteiger partial charge in [-0.05, 0) is 24.8 Å². The zero-order valence-corrected chi connectivity index (χ0v) is 9.59. The molecule has 1 aliphatic rings. The Kier molecular flexibility index (Phi) is 3.12. The number of nitrogens with zero attached hydrogens (tertiary/aromatic N) is 2. The van der Waals surface area contributed by atoms with Gasteiger partial charge in [-0.1, -0.05) is 6.92 Å². The molecule has 17 heavy (non-hydrogen) atoms. The average Bonchev–Trinajstić information content (AvgIpc) is 2.81. The van der Waals surface area contributed by atoms with Gasteiger partial charge < -0.3 is 10.0 Å². The number of H-pyrrole nitrogens is 1. The summed E-state index contributed by atoms with van der Waals surface area (Å²) in [7, 11) is 0. The predicted octanol–water partition coefficient (Wildman–Crippen LogP) is 0.735. The van der Waals surface area contributed by atoms with Crippen LogP contribution in [0.2, 0.25) is 0 Å². The molecule has 0 bridgehead atoms. The van der Waals surface area contributed by atoms with Gasteiger partial charge >= 0.3 is 5.97 Å². The Morgan fingerprint density at radius 2 is 2.35 bits per heavy atom. The molecule has 2 heterocycles. The maximum Gasteiger partial charge on any atom is 0.326 e. The van der Waals surface area contributed by atoms with Crippen LogP contribution in [0.1, 0.15) is 30.3 Å². The molecule has 2 unspecified atom stereocenters. The number of aromatic amines is 1. The third-order valence-corrected chi connectivity index (χ3v) is 3.14. The highest BCUT2D eigenvalue weighted by atomic mass is 16.4. The van der Waals surface area contributed by atoms with E-state index in [9.17, 15) is 9.59 Å². The average molecular weight is 237 g/mol. The first kappa shape index (κ1) is 11.6. The molecule has 0 spiro atoms. The standard InChI is InChI=1S/C11H15N3O3/c1-7-3-5-14(9(6-7)11(16)17)10(15)8-2-4-12-13-8/h2,4,7,9H,3,5-6H2,1H3,(H,12,13)(H,16,17). The van der Waals surface area contributed by atoms with E-state index in [0.717, 1.165) is 6.42 Å². The number of hydrogen-bond donors (Lipinski definition) is 2. The van der Waals surface area contributed by atoms with Crippen molar-refractivity contribution in [1.82, 2.24) is 15.1 Å². The van der Waals surface area contributed by atoms with E-state index in [1.54, 1.807) is 6.07 Å². The Hall–Kier alpha value is -1.85. The number of nitrogens with one attached hydrogen (secondary N) is 1. The number of rotatable bonds is 2. The van der Waals surface area contributed by atoms with Crippen LogP contribution < -0.4 is 0 Å². The monoisotopic (exact) mass is 237 g/mol. The molecular formula is C11H15N3O3. The molecule has 1 amide bonds. The first-order chi connectivity index (χ1) is 8.09. The van der Waals surface area contributed by atoms with Gasteiger partial charge in [-0.15, -0.1) is 0 Å². The van der Waals surface area contributed by atoms with Crippen molar-refractivity contribution in [2.75, 3.05) is 6.54 Å². The lowest BCUT2D eigenvalue weighted by atomic mass is 9.92. The van der Waals surface area contributed by atoms with Gasteiger partial charge in [0.1, 0.15) is 11.7 Å². The zero-order valence-electron chi connectivity index (χ0n) is 9.59. The Bertz CT molecular complexity index is 416. The highest BCUT2D eigenvalue weighted by Crippen LogP contribution is 2.23. The highest BCUT2D eigenvalue weighted by Gasteiger charge is 2.35. The SMILES string of the molecule is CC1CCN(C(=O)c2ccn[nH]2)C(C(=O)O)C1. The molecule has 6 nitrogen and oxygen atoms in total. The van der Waals surface area contributed by atoms with E-state index in [-0.39, 0.29) is 5.91 Å². The van der Waals surface area contributed by atoms with E-state index in [2.05, 4.69) is 10.2 Å². The fourth-order valence-electron chi connectivity index (χ4n) is 2.15. The summed E-state index contributed by atoms with van der Waals surface area (Å²) in [5.41, 5.74) is 0.339. The first-order valence-electron chi connectivity index (χ1n) is 5.62. The molecule has 0 aromatic carbocycles. The van der Waals surface area contributed by atoms with E-state index >= 15 is 0 Å². The minimum Gasteiger partial charge on any atom is -0.480 e. The maximum absolute atomic E-state index is 12.1. The van der Waals surface area contributed by atoms with Crippen molar-refractivity contribution in [3.05, 3.63) is 18.0 Å². The van der Waals surface area contributed by atoms with Crippen LogP contribution in [0, 0.1) is 5.92 Å². The first-order valence-corrected chi connectivity index (χ1v) is 5.62. The molecule has 1 aliphatic heterocycles. The van der Waals surface area contributed by atoms with Gasteiger partial charge in [0.2, 0.25) is 0 Å². The van der Waals surface area contributed by atoms with Crippen molar-refractivity contribution in [3.8, 4) is 0 Å². The normalized spacial score (nSPS) is 24.6. The summed E-state index contributed by atoms with van der Waals surface area (Å²) in [4.78, 5) is 24.7. The van der Waals surface area contributed by atoms with Crippen LogP contribution in [0.15, 0.2) is 12.3 Å². The van der Waals surface area contributed by atoms with Crippen LogP contribution in [0.4, 0.5) is 0 Å². The number of likely N-dealkylation sites (tertiary alicyclic amines) is 1. The number of amides is 1. The molecule has 0 saturated carbocycles. The van der Waals surface area contributed by atoms with Crippen molar-refractivity contribution >= 4 is 11.9 Å². The second-order valence-corrected chi connectivity index (χ2v) is 4.45. The van der Waals surface area contributed by atoms with Gasteiger partial charge in [-0.25, -0.2) is 4.79 Å². The number of piperidine rings is 1. The number of carbonyl (C=O) groups is 2. The van der Waals surface area contributed by atoms with Crippen molar-refractivity contribution in [3.63, 3.8) is 0 Å². The van der Waals surface area contributed by atoms with Gasteiger partial charge in [0, 0.05) is 12.7 Å². The molecule has 2 atom stereocenters. The second-order valence-electron chi connectivity index (χ2n) is 4.45. The van der Waals surface area contributed by atoms with E-state index < -0.39 is 12.0 Å². The van der Waals surface area contributed by atoms with E-state index in [4.69, 9.17) is 5.11 Å². The molecule has 2 rings (SSSR count). The predicted molar refractivity (Wildman–Crippen MR) is 59.4 cm³/mol. The third-order valence-electron chi connectivity index (χ3n) is 3.14. The van der Waals surface area contributed by atoms with Crippen molar-refractivity contribution < 1.29 is 14.7 Å². The lowest BCUT2D eigenvalue weighted by Crippen LogP contribution is -2.49. The molecule has 6 heteroatoms. The fraction of sp³-hybridized carbons (Fsp3) is 0.545. The number of carbonyl (C=O) groups excluding carboxylic acids is 1. The smallest absolute Gasteiger partial charge is 0.326 e. The van der Waals surface area contributed by atoms with Crippen molar-refractivity contribution in [2.45, 2.75) is 25.8 Å². The quantitative estimate of drug-likeness (QED) is 0.794. The molecule has 0 radical (unpaired) electrons. The molecular weight excluding hydrogens is 222 g/mol. The van der Waals surface area contributed by atoms with Crippen LogP contribution in [0.5, 0.6) is 0 Å². The molecule has 1 saturated heterocycles. The van der Waals surface area contributed by atoms with E-state index in [1.165, 1.54) is 11.1 Å². The van der Waals surface area contributed by atoms with Crippen LogP contribution in [-0.2, 0) is 4.79 Å². The number of carboxylic acid groups (broad SMARTS) is 1. The summed E-state index contributed by atoms with van der Waals surface area (Å²) in [6, 6.07) is 0.828. The van der Waals surface area contributed by atoms with E-state index in [1.807, 2.05) is 6.92 Å². The minimum atomic E-state index is -0.940. The summed E-state index contributed by atoms with van der Waals surface area (Å²) in [6.07, 6.45) is 2.83. The molecule has 0 aliphatic carbocycles. The number of aliphatic carboxylic acids is 1. The maximum atomic E-state index is 12.1. The number of carboxylic acids is 1. The summed E-state index contributed by atoms with van der Waals surface area (Å²) in [6.45, 7) is 2.49. The van der Waals surface area contributed by atoms with Crippen molar-refractivity contribution in [2.24, 2.45) is 5.92 Å². The van der Waals surface area contributed by atoms with E-state index in [0.29, 0.717) is 24.6 Å². The molecule has 1 aromatic heterocycles. The summed E-state index contributed by atoms with van der Waals surface area (Å²) < 4.78 is 0. The van der Waals surface area contributed by atoms with Gasteiger partial charge in [0.15, 0.2) is 0 Å². The van der Waals surface area contributed by atoms with Crippen molar-refractivity contribution in [1.29, 1.82) is 0 Å². The van der Waals surface area contributed by atoms with Crippen LogP contribution in [0.3, 0.4) is 0 Å². The van der Waals surface area contributed by atoms with Crippen LogP contribution in [-0.4, -0.2) is 44.7 Å². The topological polar surface area (TPSA) is 86.3 Å². The largest absolute Gasteiger partial charge is 0.480 e. The Morgan fingerprint density at radius 3 is 2.94 bits per heavy atom. The van der Waals surface area contributed by atoms with Gasteiger partial charge in [-0.2, -0.15) is 5.10 Å². The van der Waals surface area contributed by atoms with Crippen LogP contribution >= 0.6 is 0 Å². The van der Waals surface area contributed by atoms with Gasteiger partial charge in [0.05, 0.1) is 0 Å². The second kappa shape index (κ2) is 4.57. The minimum absolute atomic E-state index is 0.290. The Balaban J connectivity index is 2.18. The van der Waals surface area contributed by atoms with Gasteiger partial charge in [-0.3, -0.25) is 9.89 Å². The summed E-state index contributed by atoms with van der Waals surface area (Å²) in [5, 5.41) is 15.4. The number of aromatic nitrogens is 2. The number of hydrogen-bond acceptors (Lipinski definition) is 3. The summed E-state index contributed by atoms with van der Waals surface area (Å²) in [5.74, 6) is -0.895. The highest BCUT2D eigenvalue weighted by molar-refractivity contribution is 5.95.